The number of hydrogen-bond acceptors (Lipinski definition) is 2. The zero-order valence-corrected chi connectivity index (χ0v) is 12.7. The van der Waals surface area contributed by atoms with E-state index in [0.717, 1.165) is 16.8 Å². The molecule has 22 heavy (non-hydrogen) atoms. The molecule has 1 aromatic heterocycles. The number of aryl methyl sites for hydroxylation is 3. The third kappa shape index (κ3) is 4.28. The summed E-state index contributed by atoms with van der Waals surface area (Å²) in [4.78, 5) is 26.4. The van der Waals surface area contributed by atoms with Crippen molar-refractivity contribution >= 4 is 5.91 Å². The maximum Gasteiger partial charge on any atom is 0.253 e. The average molecular weight is 302 g/mol. The topological polar surface area (TPSA) is 62.0 Å². The predicted molar refractivity (Wildman–Crippen MR) is 83.1 cm³/mol. The number of benzene rings is 1. The Morgan fingerprint density at radius 2 is 1.91 bits per heavy atom. The fraction of sp³-hybridized carbons (Fsp3) is 0.294. The van der Waals surface area contributed by atoms with E-state index in [2.05, 4.69) is 10.3 Å². The predicted octanol–water partition coefficient (Wildman–Crippen LogP) is 2.38. The van der Waals surface area contributed by atoms with Crippen LogP contribution in [0.1, 0.15) is 28.8 Å². The first-order chi connectivity index (χ1) is 10.5. The van der Waals surface area contributed by atoms with Crippen LogP contribution < -0.4 is 10.9 Å². The summed E-state index contributed by atoms with van der Waals surface area (Å²) in [5.74, 6) is -0.425. The van der Waals surface area contributed by atoms with E-state index in [9.17, 15) is 14.0 Å². The number of halogens is 1. The lowest BCUT2D eigenvalue weighted by Gasteiger charge is -2.08. The highest BCUT2D eigenvalue weighted by Crippen LogP contribution is 2.06. The van der Waals surface area contributed by atoms with E-state index in [4.69, 9.17) is 0 Å². The van der Waals surface area contributed by atoms with Crippen LogP contribution >= 0.6 is 0 Å². The van der Waals surface area contributed by atoms with Crippen LogP contribution in [0.15, 0.2) is 35.1 Å². The molecule has 0 aliphatic rings. The van der Waals surface area contributed by atoms with Crippen LogP contribution in [0.5, 0.6) is 0 Å². The number of carbonyl (C=O) groups excluding carboxylic acids is 1. The summed E-state index contributed by atoms with van der Waals surface area (Å²) in [6.45, 7) is 3.88. The van der Waals surface area contributed by atoms with Gasteiger partial charge in [-0.3, -0.25) is 9.59 Å². The fourth-order valence-electron chi connectivity index (χ4n) is 2.29. The van der Waals surface area contributed by atoms with Crippen molar-refractivity contribution in [3.05, 3.63) is 68.9 Å². The Morgan fingerprint density at radius 1 is 1.23 bits per heavy atom. The van der Waals surface area contributed by atoms with Gasteiger partial charge in [0.15, 0.2) is 0 Å². The minimum absolute atomic E-state index is 0.135. The highest BCUT2D eigenvalue weighted by molar-refractivity contribution is 5.76. The lowest BCUT2D eigenvalue weighted by atomic mass is 10.1. The van der Waals surface area contributed by atoms with Gasteiger partial charge in [0.2, 0.25) is 5.91 Å². The van der Waals surface area contributed by atoms with Crippen molar-refractivity contribution in [1.29, 1.82) is 0 Å². The van der Waals surface area contributed by atoms with Gasteiger partial charge in [-0.1, -0.05) is 12.1 Å². The Hall–Kier alpha value is -2.43. The number of rotatable bonds is 5. The highest BCUT2D eigenvalue weighted by atomic mass is 19.1. The summed E-state index contributed by atoms with van der Waals surface area (Å²) in [5, 5.41) is 2.75. The van der Waals surface area contributed by atoms with Crippen molar-refractivity contribution in [3.8, 4) is 0 Å². The molecule has 2 aromatic rings. The Balaban J connectivity index is 1.88. The van der Waals surface area contributed by atoms with Crippen LogP contribution in [0, 0.1) is 19.7 Å². The van der Waals surface area contributed by atoms with Gasteiger partial charge >= 0.3 is 0 Å². The number of pyridine rings is 1. The molecular weight excluding hydrogens is 283 g/mol. The van der Waals surface area contributed by atoms with E-state index in [0.29, 0.717) is 18.4 Å². The molecule has 1 amide bonds. The first-order valence-corrected chi connectivity index (χ1v) is 7.16. The third-order valence-electron chi connectivity index (χ3n) is 3.51. The number of H-pyrrole nitrogens is 1. The van der Waals surface area contributed by atoms with Gasteiger partial charge in [-0.25, -0.2) is 4.39 Å². The van der Waals surface area contributed by atoms with E-state index >= 15 is 0 Å². The summed E-state index contributed by atoms with van der Waals surface area (Å²) in [7, 11) is 0. The summed E-state index contributed by atoms with van der Waals surface area (Å²) in [6.07, 6.45) is 0.837. The van der Waals surface area contributed by atoms with Gasteiger partial charge in [0.1, 0.15) is 5.82 Å². The molecule has 1 heterocycles. The van der Waals surface area contributed by atoms with Crippen molar-refractivity contribution in [3.63, 3.8) is 0 Å². The van der Waals surface area contributed by atoms with Gasteiger partial charge < -0.3 is 10.3 Å². The van der Waals surface area contributed by atoms with Gasteiger partial charge in [-0.05, 0) is 49.6 Å². The summed E-state index contributed by atoms with van der Waals surface area (Å²) in [5.41, 5.74) is 2.96. The molecule has 0 spiro atoms. The van der Waals surface area contributed by atoms with Crippen LogP contribution in [-0.4, -0.2) is 10.9 Å². The van der Waals surface area contributed by atoms with Crippen LogP contribution in [0.3, 0.4) is 0 Å². The first-order valence-electron chi connectivity index (χ1n) is 7.16. The molecular formula is C17H19FN2O2. The lowest BCUT2D eigenvalue weighted by molar-refractivity contribution is -0.121. The molecule has 0 fully saturated rings. The molecule has 0 aliphatic carbocycles. The molecule has 4 nitrogen and oxygen atoms in total. The van der Waals surface area contributed by atoms with E-state index in [1.54, 1.807) is 12.1 Å². The summed E-state index contributed by atoms with van der Waals surface area (Å²) in [6, 6.07) is 7.96. The minimum Gasteiger partial charge on any atom is -0.352 e. The molecule has 2 rings (SSSR count). The molecule has 0 unspecified atom stereocenters. The van der Waals surface area contributed by atoms with Gasteiger partial charge in [-0.2, -0.15) is 0 Å². The molecule has 1 aromatic carbocycles. The zero-order chi connectivity index (χ0) is 16.1. The molecule has 116 valence electrons. The van der Waals surface area contributed by atoms with E-state index in [-0.39, 0.29) is 23.8 Å². The quantitative estimate of drug-likeness (QED) is 0.891. The second-order valence-electron chi connectivity index (χ2n) is 5.35. The molecule has 0 bridgehead atoms. The number of nitrogens with one attached hydrogen (secondary N) is 2. The number of aromatic amines is 1. The zero-order valence-electron chi connectivity index (χ0n) is 12.7. The van der Waals surface area contributed by atoms with Crippen molar-refractivity contribution < 1.29 is 9.18 Å². The largest absolute Gasteiger partial charge is 0.352 e. The van der Waals surface area contributed by atoms with Crippen LogP contribution in [0.4, 0.5) is 4.39 Å². The number of amides is 1. The molecule has 2 N–H and O–H groups in total. The molecule has 5 heteroatoms. The molecule has 0 saturated carbocycles. The van der Waals surface area contributed by atoms with Gasteiger partial charge in [0.25, 0.3) is 5.56 Å². The van der Waals surface area contributed by atoms with Crippen molar-refractivity contribution in [1.82, 2.24) is 10.3 Å². The fourth-order valence-corrected chi connectivity index (χ4v) is 2.29. The van der Waals surface area contributed by atoms with Crippen LogP contribution in [-0.2, 0) is 17.8 Å². The van der Waals surface area contributed by atoms with E-state index in [1.807, 2.05) is 19.9 Å². The number of carbonyl (C=O) groups is 1. The number of aromatic nitrogens is 1. The van der Waals surface area contributed by atoms with Gasteiger partial charge in [0.05, 0.1) is 0 Å². The third-order valence-corrected chi connectivity index (χ3v) is 3.51. The Bertz CT molecular complexity index is 720. The van der Waals surface area contributed by atoms with E-state index in [1.165, 1.54) is 12.1 Å². The molecule has 0 atom stereocenters. The monoisotopic (exact) mass is 302 g/mol. The van der Waals surface area contributed by atoms with Crippen molar-refractivity contribution in [2.45, 2.75) is 33.2 Å². The normalized spacial score (nSPS) is 10.5. The summed E-state index contributed by atoms with van der Waals surface area (Å²) >= 11 is 0. The maximum absolute atomic E-state index is 12.8. The van der Waals surface area contributed by atoms with Crippen molar-refractivity contribution in [2.75, 3.05) is 0 Å². The van der Waals surface area contributed by atoms with Crippen LogP contribution in [0.2, 0.25) is 0 Å². The molecule has 0 radical (unpaired) electrons. The van der Waals surface area contributed by atoms with Gasteiger partial charge in [0, 0.05) is 24.2 Å². The summed E-state index contributed by atoms with van der Waals surface area (Å²) < 4.78 is 12.8. The first kappa shape index (κ1) is 15.9. The standard InChI is InChI=1S/C17H19FN2O2/c1-11-9-12(2)20-17(22)15(11)10-19-16(21)8-5-13-3-6-14(18)7-4-13/h3-4,6-7,9H,5,8,10H2,1-2H3,(H,19,21)(H,20,22). The van der Waals surface area contributed by atoms with Gasteiger partial charge in [-0.15, -0.1) is 0 Å². The molecule has 0 saturated heterocycles. The molecule has 0 aliphatic heterocycles. The Morgan fingerprint density at radius 3 is 2.55 bits per heavy atom. The van der Waals surface area contributed by atoms with E-state index < -0.39 is 0 Å². The minimum atomic E-state index is -0.290. The van der Waals surface area contributed by atoms with Crippen LogP contribution in [0.25, 0.3) is 0 Å². The second kappa shape index (κ2) is 7.02. The van der Waals surface area contributed by atoms with Crippen molar-refractivity contribution in [2.24, 2.45) is 0 Å². The average Bonchev–Trinajstić information content (AvgIpc) is 2.45. The Kier molecular flexibility index (Phi) is 5.09. The Labute approximate surface area is 128 Å². The highest BCUT2D eigenvalue weighted by Gasteiger charge is 2.08. The second-order valence-corrected chi connectivity index (χ2v) is 5.35. The number of hydrogen-bond donors (Lipinski definition) is 2. The SMILES string of the molecule is Cc1cc(C)c(CNC(=O)CCc2ccc(F)cc2)c(=O)[nH]1. The smallest absolute Gasteiger partial charge is 0.253 e. The lowest BCUT2D eigenvalue weighted by Crippen LogP contribution is -2.28. The maximum atomic E-state index is 12.8.